The highest BCUT2D eigenvalue weighted by Gasteiger charge is 2.85. The fraction of sp³-hybridized carbons (Fsp3) is 0.774. The van der Waals surface area contributed by atoms with Gasteiger partial charge in [0.25, 0.3) is 0 Å². The van der Waals surface area contributed by atoms with Crippen molar-refractivity contribution in [3.63, 3.8) is 0 Å². The van der Waals surface area contributed by atoms with Crippen LogP contribution in [0.3, 0.4) is 0 Å². The molecule has 2 aromatic rings. The highest BCUT2D eigenvalue weighted by atomic mass is 31.2. The minimum Gasteiger partial charge on any atom is -0.476 e. The lowest BCUT2D eigenvalue weighted by atomic mass is 10.1. The minimum absolute atomic E-state index is 0.000677. The van der Waals surface area contributed by atoms with E-state index in [1.807, 2.05) is 34.6 Å². The largest absolute Gasteiger partial charge is 0.476 e. The molecule has 0 radical (unpaired) electrons. The zero-order valence-corrected chi connectivity index (χ0v) is 30.4. The Labute approximate surface area is 286 Å². The molecule has 1 saturated heterocycles. The summed E-state index contributed by atoms with van der Waals surface area (Å²) in [6.07, 6.45) is 0.0120. The Hall–Kier alpha value is -2.92. The Morgan fingerprint density at radius 3 is 2.10 bits per heavy atom. The van der Waals surface area contributed by atoms with E-state index in [2.05, 4.69) is 25.1 Å². The van der Waals surface area contributed by atoms with Gasteiger partial charge >= 0.3 is 19.6 Å². The summed E-state index contributed by atoms with van der Waals surface area (Å²) in [5.41, 5.74) is 3.42. The fourth-order valence-corrected chi connectivity index (χ4v) is 8.21. The van der Waals surface area contributed by atoms with Gasteiger partial charge in [-0.05, 0) is 51.9 Å². The SMILES string of the molecule is CCCOc1nc(N)nc2c1ncn2[C@@H]1C2(C)O[C@H](COP(=O)(N[C@@H](CC(C)C)C(=O)OCC)N[C@@H](CC(C)C)C(=O)OCC)C(O)C12O. The number of aliphatic hydroxyl groups excluding tert-OH is 1. The maximum absolute atomic E-state index is 14.6. The van der Waals surface area contributed by atoms with Crippen LogP contribution in [0.15, 0.2) is 6.33 Å². The number of aromatic nitrogens is 4. The zero-order chi connectivity index (χ0) is 36.3. The average Bonchev–Trinajstić information content (AvgIpc) is 3.23. The molecule has 2 aliphatic rings. The van der Waals surface area contributed by atoms with Crippen LogP contribution in [-0.4, -0.2) is 104 Å². The number of nitrogens with zero attached hydrogens (tertiary/aromatic N) is 4. The molecule has 2 fully saturated rings. The third-order valence-corrected chi connectivity index (χ3v) is 10.4. The summed E-state index contributed by atoms with van der Waals surface area (Å²) >= 11 is 0. The van der Waals surface area contributed by atoms with E-state index in [0.717, 1.165) is 6.42 Å². The molecular weight excluding hydrogens is 661 g/mol. The Balaban J connectivity index is 1.58. The van der Waals surface area contributed by atoms with E-state index in [0.29, 0.717) is 17.8 Å². The van der Waals surface area contributed by atoms with Gasteiger partial charge in [0, 0.05) is 0 Å². The van der Waals surface area contributed by atoms with Crippen LogP contribution >= 0.6 is 7.67 Å². The first-order valence-corrected chi connectivity index (χ1v) is 18.5. The van der Waals surface area contributed by atoms with Gasteiger partial charge in [0.15, 0.2) is 11.2 Å². The van der Waals surface area contributed by atoms with Crippen LogP contribution in [0, 0.1) is 11.8 Å². The molecule has 1 aliphatic heterocycles. The summed E-state index contributed by atoms with van der Waals surface area (Å²) in [5.74, 6) is -1.13. The van der Waals surface area contributed by atoms with E-state index in [1.165, 1.54) is 6.33 Å². The molecule has 0 spiro atoms. The van der Waals surface area contributed by atoms with Crippen LogP contribution < -0.4 is 20.6 Å². The van der Waals surface area contributed by atoms with Crippen molar-refractivity contribution in [1.82, 2.24) is 29.7 Å². The monoisotopic (exact) mass is 713 g/mol. The second kappa shape index (κ2) is 15.5. The second-order valence-corrected chi connectivity index (χ2v) is 15.3. The van der Waals surface area contributed by atoms with E-state index in [-0.39, 0.29) is 49.7 Å². The van der Waals surface area contributed by atoms with Gasteiger partial charge in [-0.1, -0.05) is 34.6 Å². The van der Waals surface area contributed by atoms with E-state index in [1.54, 1.807) is 25.3 Å². The fourth-order valence-electron chi connectivity index (χ4n) is 6.38. The summed E-state index contributed by atoms with van der Waals surface area (Å²) in [7, 11) is -4.28. The number of nitrogen functional groups attached to an aromatic ring is 1. The minimum atomic E-state index is -4.28. The topological polar surface area (TPSA) is 231 Å². The van der Waals surface area contributed by atoms with Gasteiger partial charge in [-0.3, -0.25) is 14.2 Å². The molecule has 2 aromatic heterocycles. The van der Waals surface area contributed by atoms with Gasteiger partial charge in [0.2, 0.25) is 11.8 Å². The maximum Gasteiger partial charge on any atom is 0.342 e. The third-order valence-electron chi connectivity index (χ3n) is 8.61. The van der Waals surface area contributed by atoms with Crippen molar-refractivity contribution in [1.29, 1.82) is 0 Å². The first kappa shape index (κ1) is 38.9. The molecule has 18 heteroatoms. The molecule has 0 aromatic carbocycles. The van der Waals surface area contributed by atoms with E-state index >= 15 is 0 Å². The number of aliphatic hydroxyl groups is 2. The molecule has 49 heavy (non-hydrogen) atoms. The third kappa shape index (κ3) is 8.03. The van der Waals surface area contributed by atoms with E-state index in [4.69, 9.17) is 29.2 Å². The summed E-state index contributed by atoms with van der Waals surface area (Å²) in [6, 6.07) is -2.93. The number of ether oxygens (including phenoxy) is 4. The Morgan fingerprint density at radius 1 is 1.06 bits per heavy atom. The summed E-state index contributed by atoms with van der Waals surface area (Å²) in [6.45, 7) is 14.6. The van der Waals surface area contributed by atoms with Crippen LogP contribution in [0.5, 0.6) is 5.88 Å². The van der Waals surface area contributed by atoms with Gasteiger partial charge in [-0.2, -0.15) is 9.97 Å². The number of carbonyl (C=O) groups is 2. The van der Waals surface area contributed by atoms with Crippen molar-refractivity contribution in [3.8, 4) is 5.88 Å². The first-order valence-electron chi connectivity index (χ1n) is 16.9. The number of fused-ring (bicyclic) bond motifs is 2. The first-order chi connectivity index (χ1) is 23.0. The average molecular weight is 714 g/mol. The van der Waals surface area contributed by atoms with Crippen molar-refractivity contribution in [2.75, 3.05) is 32.2 Å². The molecule has 0 bridgehead atoms. The Bertz CT molecular complexity index is 1490. The number of nitrogens with two attached hydrogens (primary N) is 1. The lowest BCUT2D eigenvalue weighted by Gasteiger charge is -2.31. The predicted molar refractivity (Wildman–Crippen MR) is 178 cm³/mol. The van der Waals surface area contributed by atoms with Crippen molar-refractivity contribution in [2.45, 2.75) is 116 Å². The molecule has 1 saturated carbocycles. The van der Waals surface area contributed by atoms with Crippen molar-refractivity contribution in [2.24, 2.45) is 11.8 Å². The normalized spacial score (nSPS) is 26.2. The van der Waals surface area contributed by atoms with Crippen molar-refractivity contribution < 1.29 is 47.8 Å². The molecule has 3 heterocycles. The number of esters is 2. The standard InChI is InChI=1S/C31H52N7O10P/c1-9-12-46-25-22-24(34-29(32)35-25)38(16-33-22)28-30(8)31(28,42)23(39)21(48-30)15-47-49(43,36-19(13-17(4)5)26(40)44-10-2)37-20(14-18(6)7)27(41)45-11-3/h16-21,23,28,39,42H,9-15H2,1-8H3,(H2,32,34,35)(H2,36,37,43)/t19-,20-,21+,23?,28+,30?,31?/m0/s1. The highest BCUT2D eigenvalue weighted by Crippen LogP contribution is 2.68. The lowest BCUT2D eigenvalue weighted by Crippen LogP contribution is -2.46. The van der Waals surface area contributed by atoms with Crippen LogP contribution in [0.25, 0.3) is 11.2 Å². The molecule has 1 aliphatic carbocycles. The van der Waals surface area contributed by atoms with Crippen LogP contribution in [0.4, 0.5) is 5.95 Å². The van der Waals surface area contributed by atoms with Gasteiger partial charge in [0.1, 0.15) is 41.5 Å². The van der Waals surface area contributed by atoms with Crippen LogP contribution in [0.1, 0.15) is 80.7 Å². The molecular formula is C31H52N7O10P. The van der Waals surface area contributed by atoms with Crippen LogP contribution in [-0.2, 0) is 32.9 Å². The quantitative estimate of drug-likeness (QED) is 0.104. The van der Waals surface area contributed by atoms with Gasteiger partial charge in [-0.25, -0.2) is 15.2 Å². The number of hydrogen-bond acceptors (Lipinski definition) is 14. The number of carbonyl (C=O) groups excluding carboxylic acids is 2. The molecule has 0 amide bonds. The van der Waals surface area contributed by atoms with Crippen molar-refractivity contribution in [3.05, 3.63) is 6.33 Å². The second-order valence-electron chi connectivity index (χ2n) is 13.5. The number of nitrogens with one attached hydrogen (secondary N) is 2. The van der Waals surface area contributed by atoms with Crippen molar-refractivity contribution >= 4 is 36.7 Å². The van der Waals surface area contributed by atoms with E-state index < -0.39 is 67.8 Å². The smallest absolute Gasteiger partial charge is 0.342 e. The number of hydrogen-bond donors (Lipinski definition) is 5. The maximum atomic E-state index is 14.6. The summed E-state index contributed by atoms with van der Waals surface area (Å²) in [4.78, 5) is 38.7. The number of rotatable bonds is 19. The van der Waals surface area contributed by atoms with E-state index in [9.17, 15) is 24.4 Å². The van der Waals surface area contributed by atoms with Gasteiger partial charge in [-0.15, -0.1) is 0 Å². The highest BCUT2D eigenvalue weighted by molar-refractivity contribution is 7.54. The van der Waals surface area contributed by atoms with Gasteiger partial charge in [0.05, 0.1) is 32.8 Å². The summed E-state index contributed by atoms with van der Waals surface area (Å²) in [5, 5.41) is 28.9. The number of imidazole rings is 1. The van der Waals surface area contributed by atoms with Crippen LogP contribution in [0.2, 0.25) is 0 Å². The molecule has 276 valence electrons. The summed E-state index contributed by atoms with van der Waals surface area (Å²) < 4.78 is 44.4. The number of anilines is 1. The lowest BCUT2D eigenvalue weighted by molar-refractivity contribution is -0.146. The Kier molecular flexibility index (Phi) is 12.3. The Morgan fingerprint density at radius 2 is 1.63 bits per heavy atom. The van der Waals surface area contributed by atoms with Gasteiger partial charge < -0.3 is 44.0 Å². The predicted octanol–water partition coefficient (Wildman–Crippen LogP) is 2.26. The molecule has 4 rings (SSSR count). The molecule has 17 nitrogen and oxygen atoms in total. The molecule has 3 unspecified atom stereocenters. The molecule has 7 atom stereocenters. The zero-order valence-electron chi connectivity index (χ0n) is 29.5. The molecule has 6 N–H and O–H groups in total.